The Kier molecular flexibility index (Phi) is 10.5. The molecule has 43 heavy (non-hydrogen) atoms. The number of hydrogen-bond acceptors (Lipinski definition) is 8. The van der Waals surface area contributed by atoms with Crippen LogP contribution < -0.4 is 10.6 Å². The first-order chi connectivity index (χ1) is 20.5. The first-order valence-electron chi connectivity index (χ1n) is 13.7. The van der Waals surface area contributed by atoms with Gasteiger partial charge in [-0.1, -0.05) is 23.7 Å². The number of carbonyl (C=O) groups is 3. The zero-order valence-electron chi connectivity index (χ0n) is 23.8. The molecule has 1 aliphatic heterocycles. The van der Waals surface area contributed by atoms with Crippen LogP contribution in [-0.4, -0.2) is 71.0 Å². The Hall–Kier alpha value is -3.38. The predicted molar refractivity (Wildman–Crippen MR) is 154 cm³/mol. The van der Waals surface area contributed by atoms with Crippen LogP contribution in [0.3, 0.4) is 0 Å². The summed E-state index contributed by atoms with van der Waals surface area (Å²) in [6, 6.07) is 7.64. The Balaban J connectivity index is 1.63. The quantitative estimate of drug-likeness (QED) is 0.231. The van der Waals surface area contributed by atoms with Crippen LogP contribution in [0.5, 0.6) is 0 Å². The summed E-state index contributed by atoms with van der Waals surface area (Å²) in [7, 11) is -3.74. The maximum Gasteiger partial charge on any atom is 0.361 e. The van der Waals surface area contributed by atoms with E-state index in [1.54, 1.807) is 20.8 Å². The molecule has 0 radical (unpaired) electrons. The molecule has 11 nitrogen and oxygen atoms in total. The monoisotopic (exact) mass is 640 g/mol. The summed E-state index contributed by atoms with van der Waals surface area (Å²) in [6.45, 7) is 4.21. The summed E-state index contributed by atoms with van der Waals surface area (Å²) >= 11 is 5.81. The van der Waals surface area contributed by atoms with E-state index in [2.05, 4.69) is 10.4 Å². The van der Waals surface area contributed by atoms with Gasteiger partial charge in [-0.3, -0.25) is 18.8 Å². The van der Waals surface area contributed by atoms with E-state index < -0.39 is 50.0 Å². The molecule has 2 aromatic carbocycles. The van der Waals surface area contributed by atoms with Gasteiger partial charge in [0.1, 0.15) is 24.6 Å². The van der Waals surface area contributed by atoms with E-state index in [1.807, 2.05) is 0 Å². The van der Waals surface area contributed by atoms with Gasteiger partial charge in [-0.05, 0) is 45.0 Å². The fourth-order valence-corrected chi connectivity index (χ4v) is 6.63. The first-order valence-corrected chi connectivity index (χ1v) is 15.7. The lowest BCUT2D eigenvalue weighted by atomic mass is 10.1. The van der Waals surface area contributed by atoms with Crippen molar-refractivity contribution >= 4 is 53.2 Å². The van der Waals surface area contributed by atoms with Crippen LogP contribution in [-0.2, 0) is 41.0 Å². The van der Waals surface area contributed by atoms with E-state index >= 15 is 0 Å². The van der Waals surface area contributed by atoms with E-state index in [0.29, 0.717) is 5.39 Å². The van der Waals surface area contributed by atoms with Gasteiger partial charge in [0, 0.05) is 23.9 Å². The average molecular weight is 641 g/mol. The van der Waals surface area contributed by atoms with Crippen LogP contribution in [0.1, 0.15) is 43.2 Å². The third kappa shape index (κ3) is 7.06. The minimum absolute atomic E-state index is 0.0790. The van der Waals surface area contributed by atoms with Gasteiger partial charge < -0.3 is 24.0 Å². The molecule has 0 saturated carbocycles. The standard InChI is InChI=1S/C28H32ClF2N4O7P/c1-4-40-28(38)26-20-11-10-19(43(39,41-5-2)42-6-3)13-22(20)35(33-26)16-24(36)34-15-18(30)12-23(34)27(37)32-14-17-8-7-9-21(29)25(17)31/h7-11,13,18,23H,4-6,12,14-16H2,1-3H3,(H,32,37)/t18-,23+/m1/s1. The van der Waals surface area contributed by atoms with Gasteiger partial charge >= 0.3 is 13.6 Å². The highest BCUT2D eigenvalue weighted by Gasteiger charge is 2.40. The number of halogens is 3. The molecule has 1 fully saturated rings. The second-order valence-electron chi connectivity index (χ2n) is 9.59. The number of benzene rings is 2. The van der Waals surface area contributed by atoms with Crippen molar-refractivity contribution in [1.82, 2.24) is 20.0 Å². The van der Waals surface area contributed by atoms with Crippen LogP contribution in [0.4, 0.5) is 8.78 Å². The zero-order chi connectivity index (χ0) is 31.3. The second-order valence-corrected chi connectivity index (χ2v) is 12.0. The van der Waals surface area contributed by atoms with E-state index in [1.165, 1.54) is 41.1 Å². The molecule has 3 aromatic rings. The lowest BCUT2D eigenvalue weighted by Crippen LogP contribution is -2.46. The molecule has 0 unspecified atom stereocenters. The van der Waals surface area contributed by atoms with Gasteiger partial charge in [-0.2, -0.15) is 5.10 Å². The van der Waals surface area contributed by atoms with Crippen molar-refractivity contribution in [3.8, 4) is 0 Å². The molecule has 232 valence electrons. The highest BCUT2D eigenvalue weighted by molar-refractivity contribution is 7.62. The lowest BCUT2D eigenvalue weighted by molar-refractivity contribution is -0.139. The van der Waals surface area contributed by atoms with E-state index in [4.69, 9.17) is 25.4 Å². The Morgan fingerprint density at radius 3 is 2.51 bits per heavy atom. The van der Waals surface area contributed by atoms with Crippen molar-refractivity contribution in [3.05, 3.63) is 58.5 Å². The number of hydrogen-bond donors (Lipinski definition) is 1. The number of rotatable bonds is 12. The molecule has 2 atom stereocenters. The number of esters is 1. The van der Waals surface area contributed by atoms with Crippen LogP contribution in [0.2, 0.25) is 5.02 Å². The van der Waals surface area contributed by atoms with E-state index in [-0.39, 0.29) is 66.4 Å². The highest BCUT2D eigenvalue weighted by atomic mass is 35.5. The molecule has 1 saturated heterocycles. The topological polar surface area (TPSA) is 129 Å². The smallest absolute Gasteiger partial charge is 0.361 e. The SMILES string of the molecule is CCOC(=O)c1nn(CC(=O)N2C[C@H](F)C[C@H]2C(=O)NCc2cccc(Cl)c2F)c2cc(P(=O)(OCC)OCC)ccc12. The number of nitrogens with one attached hydrogen (secondary N) is 1. The molecule has 1 N–H and O–H groups in total. The maximum absolute atomic E-state index is 14.5. The summed E-state index contributed by atoms with van der Waals surface area (Å²) in [6.07, 6.45) is -1.72. The molecule has 15 heteroatoms. The summed E-state index contributed by atoms with van der Waals surface area (Å²) < 4.78 is 59.5. The molecular weight excluding hydrogens is 609 g/mol. The van der Waals surface area contributed by atoms with Crippen molar-refractivity contribution in [1.29, 1.82) is 0 Å². The Bertz CT molecular complexity index is 1560. The summed E-state index contributed by atoms with van der Waals surface area (Å²) in [5.41, 5.74) is 0.304. The molecule has 2 heterocycles. The normalized spacial score (nSPS) is 16.9. The Labute approximate surface area is 251 Å². The number of alkyl halides is 1. The Morgan fingerprint density at radius 2 is 1.84 bits per heavy atom. The predicted octanol–water partition coefficient (Wildman–Crippen LogP) is 4.15. The summed E-state index contributed by atoms with van der Waals surface area (Å²) in [5, 5.41) is 7.23. The largest absolute Gasteiger partial charge is 0.461 e. The van der Waals surface area contributed by atoms with Gasteiger partial charge in [-0.25, -0.2) is 13.6 Å². The van der Waals surface area contributed by atoms with E-state index in [9.17, 15) is 27.7 Å². The van der Waals surface area contributed by atoms with Crippen LogP contribution in [0.25, 0.3) is 10.9 Å². The van der Waals surface area contributed by atoms with E-state index in [0.717, 1.165) is 4.90 Å². The number of aromatic nitrogens is 2. The maximum atomic E-state index is 14.5. The molecule has 4 rings (SSSR count). The summed E-state index contributed by atoms with van der Waals surface area (Å²) in [5.74, 6) is -2.74. The van der Waals surface area contributed by atoms with Crippen molar-refractivity contribution in [2.75, 3.05) is 26.4 Å². The molecular formula is C28H32ClF2N4O7P. The van der Waals surface area contributed by atoms with Gasteiger partial charge in [0.05, 0.1) is 42.2 Å². The molecule has 0 bridgehead atoms. The van der Waals surface area contributed by atoms with Crippen molar-refractivity contribution in [2.24, 2.45) is 0 Å². The molecule has 0 spiro atoms. The molecule has 1 aromatic heterocycles. The lowest BCUT2D eigenvalue weighted by Gasteiger charge is -2.24. The van der Waals surface area contributed by atoms with Crippen molar-refractivity contribution < 1.29 is 41.5 Å². The first kappa shape index (κ1) is 32.5. The minimum atomic E-state index is -3.74. The van der Waals surface area contributed by atoms with Crippen molar-refractivity contribution in [3.63, 3.8) is 0 Å². The Morgan fingerprint density at radius 1 is 1.12 bits per heavy atom. The number of nitrogens with zero attached hydrogens (tertiary/aromatic N) is 3. The molecule has 2 amide bonds. The fraction of sp³-hybridized carbons (Fsp3) is 0.429. The van der Waals surface area contributed by atoms with Crippen LogP contribution in [0.15, 0.2) is 36.4 Å². The molecule has 0 aliphatic carbocycles. The van der Waals surface area contributed by atoms with Gasteiger partial charge in [-0.15, -0.1) is 0 Å². The van der Waals surface area contributed by atoms with Crippen LogP contribution >= 0.6 is 19.2 Å². The number of ether oxygens (including phenoxy) is 1. The average Bonchev–Trinajstić information content (AvgIpc) is 3.54. The number of likely N-dealkylation sites (tertiary alicyclic amines) is 1. The third-order valence-corrected chi connectivity index (χ3v) is 9.16. The third-order valence-electron chi connectivity index (χ3n) is 6.76. The van der Waals surface area contributed by atoms with Crippen molar-refractivity contribution in [2.45, 2.75) is 52.5 Å². The van der Waals surface area contributed by atoms with Gasteiger partial charge in [0.2, 0.25) is 11.8 Å². The second kappa shape index (κ2) is 13.9. The minimum Gasteiger partial charge on any atom is -0.461 e. The van der Waals surface area contributed by atoms with Gasteiger partial charge in [0.15, 0.2) is 5.69 Å². The number of carbonyl (C=O) groups excluding carboxylic acids is 3. The van der Waals surface area contributed by atoms with Gasteiger partial charge in [0.25, 0.3) is 0 Å². The number of fused-ring (bicyclic) bond motifs is 1. The zero-order valence-corrected chi connectivity index (χ0v) is 25.5. The fourth-order valence-electron chi connectivity index (χ4n) is 4.84. The number of amides is 2. The highest BCUT2D eigenvalue weighted by Crippen LogP contribution is 2.47. The van der Waals surface area contributed by atoms with Crippen LogP contribution in [0, 0.1) is 5.82 Å². The summed E-state index contributed by atoms with van der Waals surface area (Å²) in [4.78, 5) is 40.3. The molecule has 1 aliphatic rings.